The average Bonchev–Trinajstić information content (AvgIpc) is 3.78. The van der Waals surface area contributed by atoms with Crippen LogP contribution in [0, 0.1) is 0 Å². The minimum atomic E-state index is -0.0834. The SMILES string of the molecule is c1ccc(N2c3ccccc3Sc3cc4c(cc32)N2c3ccccc3B3c5ccccc5N5c6ccccc6B6c7ccccc7N7c8cc9oc%10ccccc%10c9cc8B4c4c2c3c5c6c47)cc1. The third-order valence-corrected chi connectivity index (χ3v) is 17.5. The van der Waals surface area contributed by atoms with Gasteiger partial charge in [-0.2, -0.15) is 0 Å². The fourth-order valence-corrected chi connectivity index (χ4v) is 15.0. The minimum Gasteiger partial charge on any atom is -0.456 e. The fourth-order valence-electron chi connectivity index (χ4n) is 13.9. The number of anilines is 12. The van der Waals surface area contributed by atoms with Gasteiger partial charge in [0.2, 0.25) is 0 Å². The number of benzene rings is 10. The standard InChI is InChI=1S/C60H33B3N4OS/c1-2-16-34(17-3-1)64-47-27-13-15-29-53(47)69-54-31-42-48(32-50(54)64)66-45-25-11-7-21-39(45)61-37-19-5-9-23-43(37)65-44-24-10-6-20-38(44)62-40-22-8-12-26-46(40)67-49-33-52-36(35-18-4-14-28-51(35)68-52)30-41(49)63(42)57-59(66)55(61)58(65)56(62)60(57)67/h1-33H. The Bertz CT molecular complexity index is 4200. The summed E-state index contributed by atoms with van der Waals surface area (Å²) >= 11 is 1.90. The molecule has 9 heteroatoms. The largest absolute Gasteiger partial charge is 0.456 e. The molecule has 11 aromatic rings. The van der Waals surface area contributed by atoms with E-state index in [1.807, 2.05) is 11.8 Å². The van der Waals surface area contributed by atoms with Gasteiger partial charge in [-0.05, 0) is 116 Å². The maximum atomic E-state index is 6.83. The van der Waals surface area contributed by atoms with E-state index in [1.165, 1.54) is 122 Å². The molecule has 0 bridgehead atoms. The highest BCUT2D eigenvalue weighted by atomic mass is 32.2. The molecule has 5 nitrogen and oxygen atoms in total. The van der Waals surface area contributed by atoms with Gasteiger partial charge in [0.05, 0.1) is 11.4 Å². The van der Waals surface area contributed by atoms with E-state index in [2.05, 4.69) is 220 Å². The van der Waals surface area contributed by atoms with Gasteiger partial charge in [0.25, 0.3) is 20.1 Å². The second-order valence-electron chi connectivity index (χ2n) is 19.5. The Hall–Kier alpha value is -8.26. The van der Waals surface area contributed by atoms with Crippen molar-refractivity contribution in [3.63, 3.8) is 0 Å². The molecule has 0 atom stereocenters. The van der Waals surface area contributed by atoms with Crippen molar-refractivity contribution in [1.82, 2.24) is 0 Å². The van der Waals surface area contributed by atoms with E-state index >= 15 is 0 Å². The molecule has 0 unspecified atom stereocenters. The highest BCUT2D eigenvalue weighted by Crippen LogP contribution is 2.56. The van der Waals surface area contributed by atoms with E-state index in [1.54, 1.807) is 0 Å². The van der Waals surface area contributed by atoms with Gasteiger partial charge in [-0.3, -0.25) is 0 Å². The van der Waals surface area contributed by atoms with Crippen LogP contribution in [0.15, 0.2) is 214 Å². The Kier molecular flexibility index (Phi) is 6.47. The number of rotatable bonds is 1. The van der Waals surface area contributed by atoms with Crippen LogP contribution in [0.3, 0.4) is 0 Å². The number of furan rings is 1. The van der Waals surface area contributed by atoms with Gasteiger partial charge >= 0.3 is 0 Å². The number of fused-ring (bicyclic) bond motifs is 23. The summed E-state index contributed by atoms with van der Waals surface area (Å²) in [4.78, 5) is 13.0. The highest BCUT2D eigenvalue weighted by Gasteiger charge is 2.57. The van der Waals surface area contributed by atoms with E-state index < -0.39 is 0 Å². The molecule has 1 aromatic heterocycles. The molecule has 0 amide bonds. The molecule has 0 radical (unpaired) electrons. The molecular weight excluding hydrogens is 857 g/mol. The second kappa shape index (κ2) is 12.4. The van der Waals surface area contributed by atoms with E-state index in [9.17, 15) is 0 Å². The maximum Gasteiger partial charge on any atom is 0.252 e. The topological polar surface area (TPSA) is 26.1 Å². The first kappa shape index (κ1) is 35.9. The molecule has 0 saturated heterocycles. The molecule has 69 heavy (non-hydrogen) atoms. The molecular formula is C60H33B3N4OS. The maximum absolute atomic E-state index is 6.83. The van der Waals surface area contributed by atoms with E-state index in [4.69, 9.17) is 4.42 Å². The lowest BCUT2D eigenvalue weighted by atomic mass is 9.24. The summed E-state index contributed by atoms with van der Waals surface area (Å²) in [5.41, 5.74) is 29.0. The molecule has 18 rings (SSSR count). The normalized spacial score (nSPS) is 15.0. The first-order valence-corrected chi connectivity index (χ1v) is 24.8. The van der Waals surface area contributed by atoms with Crippen LogP contribution in [0.4, 0.5) is 68.2 Å². The summed E-state index contributed by atoms with van der Waals surface area (Å²) in [6.45, 7) is -0.0285. The van der Waals surface area contributed by atoms with Crippen molar-refractivity contribution < 1.29 is 4.42 Å². The van der Waals surface area contributed by atoms with Crippen LogP contribution in [0.5, 0.6) is 0 Å². The zero-order valence-electron chi connectivity index (χ0n) is 36.9. The zero-order chi connectivity index (χ0) is 44.4. The van der Waals surface area contributed by atoms with Crippen LogP contribution < -0.4 is 68.8 Å². The Morgan fingerprint density at radius 3 is 1.38 bits per heavy atom. The first-order chi connectivity index (χ1) is 34.3. The molecule has 0 saturated carbocycles. The van der Waals surface area contributed by atoms with Crippen molar-refractivity contribution in [2.45, 2.75) is 9.79 Å². The monoisotopic (exact) mass is 890 g/mol. The van der Waals surface area contributed by atoms with Gasteiger partial charge in [0.15, 0.2) is 0 Å². The Morgan fingerprint density at radius 2 is 0.768 bits per heavy atom. The van der Waals surface area contributed by atoms with Gasteiger partial charge < -0.3 is 24.0 Å². The van der Waals surface area contributed by atoms with Crippen LogP contribution in [0.2, 0.25) is 0 Å². The summed E-state index contributed by atoms with van der Waals surface area (Å²) in [7, 11) is 0. The summed E-state index contributed by atoms with van der Waals surface area (Å²) in [6.07, 6.45) is 0. The summed E-state index contributed by atoms with van der Waals surface area (Å²) in [6, 6.07) is 75.4. The molecule has 7 aliphatic rings. The van der Waals surface area contributed by atoms with Crippen molar-refractivity contribution in [3.05, 3.63) is 200 Å². The Balaban J connectivity index is 1.05. The lowest BCUT2D eigenvalue weighted by Gasteiger charge is -2.55. The van der Waals surface area contributed by atoms with Crippen LogP contribution >= 0.6 is 11.8 Å². The van der Waals surface area contributed by atoms with E-state index in [0.717, 1.165) is 27.6 Å². The summed E-state index contributed by atoms with van der Waals surface area (Å²) in [5, 5.41) is 2.30. The minimum absolute atomic E-state index is 0.0257. The van der Waals surface area contributed by atoms with Crippen LogP contribution in [0.25, 0.3) is 21.9 Å². The lowest BCUT2D eigenvalue weighted by Crippen LogP contribution is -2.74. The fraction of sp³-hybridized carbons (Fsp3) is 0. The van der Waals surface area contributed by atoms with Gasteiger partial charge in [0, 0.05) is 83.5 Å². The molecule has 7 aliphatic heterocycles. The second-order valence-corrected chi connectivity index (χ2v) is 20.5. The van der Waals surface area contributed by atoms with Crippen molar-refractivity contribution in [1.29, 1.82) is 0 Å². The third-order valence-electron chi connectivity index (χ3n) is 16.3. The van der Waals surface area contributed by atoms with Gasteiger partial charge in [-0.1, -0.05) is 139 Å². The molecule has 0 spiro atoms. The first-order valence-electron chi connectivity index (χ1n) is 24.0. The smallest absolute Gasteiger partial charge is 0.252 e. The van der Waals surface area contributed by atoms with Crippen molar-refractivity contribution in [2.24, 2.45) is 0 Å². The van der Waals surface area contributed by atoms with Crippen LogP contribution in [0.1, 0.15) is 0 Å². The number of para-hydroxylation sites is 7. The quantitative estimate of drug-likeness (QED) is 0.153. The highest BCUT2D eigenvalue weighted by molar-refractivity contribution is 7.99. The van der Waals surface area contributed by atoms with Crippen LogP contribution in [-0.4, -0.2) is 20.1 Å². The van der Waals surface area contributed by atoms with Gasteiger partial charge in [0.1, 0.15) is 11.2 Å². The Morgan fingerprint density at radius 1 is 0.304 bits per heavy atom. The number of hydrogen-bond acceptors (Lipinski definition) is 6. The van der Waals surface area contributed by atoms with Gasteiger partial charge in [-0.15, -0.1) is 0 Å². The molecule has 0 fully saturated rings. The number of hydrogen-bond donors (Lipinski definition) is 0. The van der Waals surface area contributed by atoms with Crippen molar-refractivity contribution in [2.75, 3.05) is 19.6 Å². The van der Waals surface area contributed by atoms with E-state index in [0.29, 0.717) is 0 Å². The molecule has 0 aliphatic carbocycles. The molecule has 314 valence electrons. The molecule has 0 N–H and O–H groups in total. The van der Waals surface area contributed by atoms with E-state index in [-0.39, 0.29) is 20.1 Å². The Labute approximate surface area is 403 Å². The van der Waals surface area contributed by atoms with Crippen LogP contribution in [-0.2, 0) is 0 Å². The molecule has 8 heterocycles. The van der Waals surface area contributed by atoms with Crippen molar-refractivity contribution >= 4 is 171 Å². The third kappa shape index (κ3) is 4.20. The lowest BCUT2D eigenvalue weighted by molar-refractivity contribution is 0.669. The predicted molar refractivity (Wildman–Crippen MR) is 291 cm³/mol. The van der Waals surface area contributed by atoms with Crippen molar-refractivity contribution in [3.8, 4) is 0 Å². The molecule has 10 aromatic carbocycles. The summed E-state index contributed by atoms with van der Waals surface area (Å²) < 4.78 is 6.83. The average molecular weight is 890 g/mol. The summed E-state index contributed by atoms with van der Waals surface area (Å²) in [5.74, 6) is 0. The predicted octanol–water partition coefficient (Wildman–Crippen LogP) is 9.36. The number of nitrogens with zero attached hydrogens (tertiary/aromatic N) is 4. The zero-order valence-corrected chi connectivity index (χ0v) is 37.7. The van der Waals surface area contributed by atoms with Gasteiger partial charge in [-0.25, -0.2) is 0 Å².